The van der Waals surface area contributed by atoms with Gasteiger partial charge in [-0.3, -0.25) is 0 Å². The third-order valence-electron chi connectivity index (χ3n) is 2.46. The average molecular weight is 258 g/mol. The third kappa shape index (κ3) is 5.25. The molecule has 0 aliphatic carbocycles. The highest BCUT2D eigenvalue weighted by Crippen LogP contribution is 2.18. The molecule has 0 rings (SSSR count). The number of carboxylic acids is 1. The summed E-state index contributed by atoms with van der Waals surface area (Å²) in [4.78, 5) is 10.5. The van der Waals surface area contributed by atoms with Crippen molar-refractivity contribution in [3.8, 4) is 0 Å². The van der Waals surface area contributed by atoms with Crippen molar-refractivity contribution in [1.29, 1.82) is 0 Å². The fourth-order valence-electron chi connectivity index (χ4n) is 1.28. The van der Waals surface area contributed by atoms with Crippen LogP contribution in [0.25, 0.3) is 0 Å². The Morgan fingerprint density at radius 1 is 1.11 bits per heavy atom. The molecule has 1 N–H and O–H groups in total. The molecule has 0 bridgehead atoms. The summed E-state index contributed by atoms with van der Waals surface area (Å²) >= 11 is 0. The van der Waals surface area contributed by atoms with Crippen molar-refractivity contribution in [2.75, 3.05) is 14.2 Å². The molecular formula is C13H19FO4. The molecule has 0 aliphatic rings. The zero-order valence-electron chi connectivity index (χ0n) is 11.3. The summed E-state index contributed by atoms with van der Waals surface area (Å²) in [6, 6.07) is 0. The lowest BCUT2D eigenvalue weighted by atomic mass is 10.1. The molecule has 0 spiro atoms. The molecule has 0 unspecified atom stereocenters. The van der Waals surface area contributed by atoms with E-state index in [0.29, 0.717) is 16.7 Å². The van der Waals surface area contributed by atoms with Crippen molar-refractivity contribution in [1.82, 2.24) is 0 Å². The molecule has 5 heteroatoms. The Balaban J connectivity index is 5.17. The van der Waals surface area contributed by atoms with Crippen LogP contribution in [0.3, 0.4) is 0 Å². The third-order valence-corrected chi connectivity index (χ3v) is 2.46. The minimum Gasteiger partial charge on any atom is -0.478 e. The number of allylic oxidation sites excluding steroid dienone is 4. The van der Waals surface area contributed by atoms with E-state index in [1.807, 2.05) is 0 Å². The Labute approximate surface area is 106 Å². The smallest absolute Gasteiger partial charge is 0.328 e. The first-order valence-corrected chi connectivity index (χ1v) is 5.35. The molecule has 4 nitrogen and oxygen atoms in total. The first-order chi connectivity index (χ1) is 8.33. The second-order valence-corrected chi connectivity index (χ2v) is 3.83. The van der Waals surface area contributed by atoms with E-state index >= 15 is 0 Å². The number of hydrogen-bond acceptors (Lipinski definition) is 3. The Morgan fingerprint density at radius 3 is 1.94 bits per heavy atom. The second kappa shape index (κ2) is 7.79. The number of rotatable bonds is 6. The van der Waals surface area contributed by atoms with Crippen molar-refractivity contribution < 1.29 is 23.8 Å². The van der Waals surface area contributed by atoms with Crippen LogP contribution < -0.4 is 0 Å². The summed E-state index contributed by atoms with van der Waals surface area (Å²) in [6.45, 7) is 4.79. The number of methoxy groups -OCH3 is 2. The second-order valence-electron chi connectivity index (χ2n) is 3.83. The molecule has 0 aromatic heterocycles. The summed E-state index contributed by atoms with van der Waals surface area (Å²) < 4.78 is 23.7. The van der Waals surface area contributed by atoms with Crippen LogP contribution in [-0.4, -0.2) is 31.6 Å². The SMILES string of the molecule is COC(OC)C(C)=C(F)C=C(C)C(C)=CC(=O)O. The van der Waals surface area contributed by atoms with Gasteiger partial charge in [-0.25, -0.2) is 9.18 Å². The van der Waals surface area contributed by atoms with E-state index < -0.39 is 18.1 Å². The number of aliphatic carboxylic acids is 1. The zero-order chi connectivity index (χ0) is 14.3. The van der Waals surface area contributed by atoms with E-state index in [0.717, 1.165) is 6.08 Å². The molecule has 0 saturated heterocycles. The van der Waals surface area contributed by atoms with Crippen LogP contribution in [0.1, 0.15) is 20.8 Å². The maximum absolute atomic E-state index is 13.8. The lowest BCUT2D eigenvalue weighted by molar-refractivity contribution is -0.131. The van der Waals surface area contributed by atoms with Crippen LogP contribution in [0, 0.1) is 0 Å². The molecule has 0 saturated carbocycles. The largest absolute Gasteiger partial charge is 0.478 e. The van der Waals surface area contributed by atoms with Crippen molar-refractivity contribution >= 4 is 5.97 Å². The standard InChI is InChI=1S/C13H19FO4/c1-8(9(2)7-12(15)16)6-11(14)10(3)13(17-4)18-5/h6-7,13H,1-5H3,(H,15,16). The molecule has 102 valence electrons. The van der Waals surface area contributed by atoms with E-state index in [1.165, 1.54) is 20.3 Å². The molecule has 18 heavy (non-hydrogen) atoms. The Hall–Kier alpha value is -1.46. The van der Waals surface area contributed by atoms with Crippen LogP contribution in [0.4, 0.5) is 4.39 Å². The summed E-state index contributed by atoms with van der Waals surface area (Å²) in [7, 11) is 2.83. The zero-order valence-corrected chi connectivity index (χ0v) is 11.3. The predicted molar refractivity (Wildman–Crippen MR) is 66.8 cm³/mol. The number of hydrogen-bond donors (Lipinski definition) is 1. The van der Waals surface area contributed by atoms with E-state index in [2.05, 4.69) is 0 Å². The normalized spacial score (nSPS) is 14.8. The maximum Gasteiger partial charge on any atom is 0.328 e. The summed E-state index contributed by atoms with van der Waals surface area (Å²) in [5, 5.41) is 8.59. The molecule has 0 aromatic rings. The Morgan fingerprint density at radius 2 is 1.56 bits per heavy atom. The first kappa shape index (κ1) is 16.5. The number of carboxylic acid groups (broad SMARTS) is 1. The van der Waals surface area contributed by atoms with Gasteiger partial charge in [0.15, 0.2) is 6.29 Å². The first-order valence-electron chi connectivity index (χ1n) is 5.35. The lowest BCUT2D eigenvalue weighted by Gasteiger charge is -2.14. The van der Waals surface area contributed by atoms with Gasteiger partial charge in [-0.1, -0.05) is 0 Å². The van der Waals surface area contributed by atoms with E-state index in [1.54, 1.807) is 20.8 Å². The Bertz CT molecular complexity index is 390. The quantitative estimate of drug-likeness (QED) is 0.452. The molecule has 0 amide bonds. The fourth-order valence-corrected chi connectivity index (χ4v) is 1.28. The van der Waals surface area contributed by atoms with Crippen LogP contribution >= 0.6 is 0 Å². The van der Waals surface area contributed by atoms with Gasteiger partial charge in [0.2, 0.25) is 0 Å². The molecular weight excluding hydrogens is 239 g/mol. The molecule has 0 aliphatic heterocycles. The van der Waals surface area contributed by atoms with E-state index in [4.69, 9.17) is 14.6 Å². The monoisotopic (exact) mass is 258 g/mol. The van der Waals surface area contributed by atoms with Crippen LogP contribution in [-0.2, 0) is 14.3 Å². The van der Waals surface area contributed by atoms with Crippen molar-refractivity contribution in [3.63, 3.8) is 0 Å². The average Bonchev–Trinajstić information content (AvgIpc) is 2.29. The summed E-state index contributed by atoms with van der Waals surface area (Å²) in [5.74, 6) is -1.56. The summed E-state index contributed by atoms with van der Waals surface area (Å²) in [5.41, 5.74) is 1.31. The van der Waals surface area contributed by atoms with Crippen molar-refractivity contribution in [2.45, 2.75) is 27.1 Å². The predicted octanol–water partition coefficient (Wildman–Crippen LogP) is 2.83. The van der Waals surface area contributed by atoms with Crippen LogP contribution in [0.2, 0.25) is 0 Å². The Kier molecular flexibility index (Phi) is 7.16. The number of carbonyl (C=O) groups is 1. The summed E-state index contributed by atoms with van der Waals surface area (Å²) in [6.07, 6.45) is 1.53. The van der Waals surface area contributed by atoms with Crippen molar-refractivity contribution in [2.24, 2.45) is 0 Å². The number of halogens is 1. The van der Waals surface area contributed by atoms with Gasteiger partial charge in [0.1, 0.15) is 5.83 Å². The molecule has 0 radical (unpaired) electrons. The van der Waals surface area contributed by atoms with E-state index in [9.17, 15) is 9.18 Å². The van der Waals surface area contributed by atoms with E-state index in [-0.39, 0.29) is 0 Å². The van der Waals surface area contributed by atoms with Gasteiger partial charge in [0.25, 0.3) is 0 Å². The highest BCUT2D eigenvalue weighted by molar-refractivity contribution is 5.81. The van der Waals surface area contributed by atoms with Gasteiger partial charge < -0.3 is 14.6 Å². The van der Waals surface area contributed by atoms with Gasteiger partial charge in [0, 0.05) is 25.9 Å². The fraction of sp³-hybridized carbons (Fsp3) is 0.462. The highest BCUT2D eigenvalue weighted by atomic mass is 19.1. The maximum atomic E-state index is 13.8. The topological polar surface area (TPSA) is 55.8 Å². The minimum absolute atomic E-state index is 0.294. The lowest BCUT2D eigenvalue weighted by Crippen LogP contribution is -2.15. The minimum atomic E-state index is -1.06. The number of ether oxygens (including phenoxy) is 2. The molecule has 0 atom stereocenters. The molecule has 0 aromatic carbocycles. The van der Waals surface area contributed by atoms with Gasteiger partial charge in [-0.05, 0) is 38.0 Å². The van der Waals surface area contributed by atoms with Crippen LogP contribution in [0.5, 0.6) is 0 Å². The van der Waals surface area contributed by atoms with Crippen molar-refractivity contribution in [3.05, 3.63) is 34.7 Å². The van der Waals surface area contributed by atoms with Gasteiger partial charge in [-0.15, -0.1) is 0 Å². The van der Waals surface area contributed by atoms with Gasteiger partial charge >= 0.3 is 5.97 Å². The molecule has 0 heterocycles. The molecule has 0 fully saturated rings. The van der Waals surface area contributed by atoms with Gasteiger partial charge in [-0.2, -0.15) is 0 Å². The van der Waals surface area contributed by atoms with Crippen LogP contribution in [0.15, 0.2) is 34.7 Å². The highest BCUT2D eigenvalue weighted by Gasteiger charge is 2.12. The van der Waals surface area contributed by atoms with Gasteiger partial charge in [0.05, 0.1) is 0 Å².